The van der Waals surface area contributed by atoms with Crippen molar-refractivity contribution in [1.82, 2.24) is 4.90 Å². The topological polar surface area (TPSA) is 38.5 Å². The highest BCUT2D eigenvalue weighted by atomic mass is 19.1. The zero-order valence-corrected chi connectivity index (χ0v) is 13.1. The fourth-order valence-electron chi connectivity index (χ4n) is 3.25. The van der Waals surface area contributed by atoms with Gasteiger partial charge in [0.05, 0.1) is 6.10 Å². The van der Waals surface area contributed by atoms with E-state index in [0.29, 0.717) is 13.1 Å². The first-order valence-corrected chi connectivity index (χ1v) is 7.87. The summed E-state index contributed by atoms with van der Waals surface area (Å²) in [4.78, 5) is 2.22. The highest BCUT2D eigenvalue weighted by Crippen LogP contribution is 2.32. The quantitative estimate of drug-likeness (QED) is 0.876. The minimum atomic E-state index is -0.145. The number of nitrogens with zero attached hydrogens (tertiary/aromatic N) is 1. The molecule has 21 heavy (non-hydrogen) atoms. The summed E-state index contributed by atoms with van der Waals surface area (Å²) in [6.07, 6.45) is 4.30. The van der Waals surface area contributed by atoms with Crippen molar-refractivity contribution in [2.45, 2.75) is 50.8 Å². The molecule has 2 unspecified atom stereocenters. The van der Waals surface area contributed by atoms with Gasteiger partial charge in [0, 0.05) is 30.8 Å². The lowest BCUT2D eigenvalue weighted by atomic mass is 9.83. The van der Waals surface area contributed by atoms with E-state index in [-0.39, 0.29) is 17.5 Å². The number of hydrogen-bond acceptors (Lipinski definition) is 3. The molecule has 0 saturated carbocycles. The van der Waals surface area contributed by atoms with Gasteiger partial charge in [-0.3, -0.25) is 4.90 Å². The zero-order valence-electron chi connectivity index (χ0n) is 13.1. The van der Waals surface area contributed by atoms with Crippen molar-refractivity contribution in [1.29, 1.82) is 0 Å². The first-order valence-electron chi connectivity index (χ1n) is 7.87. The van der Waals surface area contributed by atoms with Gasteiger partial charge < -0.3 is 10.5 Å². The zero-order chi connectivity index (χ0) is 15.3. The Bertz CT molecular complexity index is 452. The van der Waals surface area contributed by atoms with E-state index in [1.54, 1.807) is 6.07 Å². The van der Waals surface area contributed by atoms with Crippen LogP contribution in [-0.4, -0.2) is 36.7 Å². The van der Waals surface area contributed by atoms with Gasteiger partial charge in [-0.1, -0.05) is 31.5 Å². The van der Waals surface area contributed by atoms with Crippen molar-refractivity contribution < 1.29 is 9.13 Å². The summed E-state index contributed by atoms with van der Waals surface area (Å²) in [6, 6.07) is 6.97. The minimum absolute atomic E-state index is 0.0830. The lowest BCUT2D eigenvalue weighted by Crippen LogP contribution is -2.56. The van der Waals surface area contributed by atoms with Crippen molar-refractivity contribution in [2.75, 3.05) is 20.2 Å². The van der Waals surface area contributed by atoms with Crippen LogP contribution in [0.1, 0.15) is 38.2 Å². The SMILES string of the molecule is CCCC1CC(CN)(N(C)Cc2ccccc2F)CCO1. The third-order valence-electron chi connectivity index (χ3n) is 4.69. The standard InChI is InChI=1S/C17H27FN2O/c1-3-6-15-11-17(13-19,9-10-21-15)20(2)12-14-7-4-5-8-16(14)18/h4-5,7-8,15H,3,6,9-13,19H2,1-2H3. The lowest BCUT2D eigenvalue weighted by molar-refractivity contribution is -0.0692. The Morgan fingerprint density at radius 2 is 2.19 bits per heavy atom. The molecular weight excluding hydrogens is 267 g/mol. The summed E-state index contributed by atoms with van der Waals surface area (Å²) in [5, 5.41) is 0. The molecule has 1 fully saturated rings. The van der Waals surface area contributed by atoms with Crippen LogP contribution < -0.4 is 5.73 Å². The number of rotatable bonds is 6. The van der Waals surface area contributed by atoms with Crippen LogP contribution in [0.15, 0.2) is 24.3 Å². The number of halogens is 1. The number of hydrogen-bond donors (Lipinski definition) is 1. The van der Waals surface area contributed by atoms with Crippen LogP contribution in [-0.2, 0) is 11.3 Å². The largest absolute Gasteiger partial charge is 0.378 e. The van der Waals surface area contributed by atoms with E-state index in [0.717, 1.165) is 37.9 Å². The predicted octanol–water partition coefficient (Wildman–Crippen LogP) is 2.93. The summed E-state index contributed by atoms with van der Waals surface area (Å²) in [5.41, 5.74) is 6.74. The molecule has 0 radical (unpaired) electrons. The molecule has 1 aromatic rings. The molecule has 0 spiro atoms. The molecule has 0 amide bonds. The molecule has 0 aliphatic carbocycles. The van der Waals surface area contributed by atoms with Crippen LogP contribution in [0.4, 0.5) is 4.39 Å². The van der Waals surface area contributed by atoms with Gasteiger partial charge >= 0.3 is 0 Å². The van der Waals surface area contributed by atoms with Gasteiger partial charge in [0.2, 0.25) is 0 Å². The van der Waals surface area contributed by atoms with Crippen molar-refractivity contribution in [3.63, 3.8) is 0 Å². The monoisotopic (exact) mass is 294 g/mol. The number of nitrogens with two attached hydrogens (primary N) is 1. The Morgan fingerprint density at radius 3 is 2.86 bits per heavy atom. The molecule has 0 aromatic heterocycles. The smallest absolute Gasteiger partial charge is 0.127 e. The normalized spacial score (nSPS) is 26.2. The summed E-state index contributed by atoms with van der Waals surface area (Å²) >= 11 is 0. The van der Waals surface area contributed by atoms with Gasteiger partial charge in [-0.25, -0.2) is 4.39 Å². The third-order valence-corrected chi connectivity index (χ3v) is 4.69. The van der Waals surface area contributed by atoms with Gasteiger partial charge in [0.15, 0.2) is 0 Å². The minimum Gasteiger partial charge on any atom is -0.378 e. The summed E-state index contributed by atoms with van der Waals surface area (Å²) < 4.78 is 19.7. The van der Waals surface area contributed by atoms with Crippen molar-refractivity contribution in [3.8, 4) is 0 Å². The number of ether oxygens (including phenoxy) is 1. The highest BCUT2D eigenvalue weighted by Gasteiger charge is 2.39. The molecule has 1 aromatic carbocycles. The van der Waals surface area contributed by atoms with Gasteiger partial charge in [-0.05, 0) is 32.4 Å². The second kappa shape index (κ2) is 7.34. The van der Waals surface area contributed by atoms with Crippen LogP contribution in [0, 0.1) is 5.82 Å². The number of likely N-dealkylation sites (N-methyl/N-ethyl adjacent to an activating group) is 1. The average molecular weight is 294 g/mol. The molecule has 0 bridgehead atoms. The third kappa shape index (κ3) is 3.82. The van der Waals surface area contributed by atoms with Gasteiger partial charge in [0.1, 0.15) is 5.82 Å². The molecule has 1 aliphatic rings. The molecule has 3 nitrogen and oxygen atoms in total. The fourth-order valence-corrected chi connectivity index (χ4v) is 3.25. The number of benzene rings is 1. The van der Waals surface area contributed by atoms with Crippen LogP contribution in [0.2, 0.25) is 0 Å². The second-order valence-corrected chi connectivity index (χ2v) is 6.11. The van der Waals surface area contributed by atoms with E-state index in [1.807, 2.05) is 19.2 Å². The Morgan fingerprint density at radius 1 is 1.43 bits per heavy atom. The highest BCUT2D eigenvalue weighted by molar-refractivity contribution is 5.17. The summed E-state index contributed by atoms with van der Waals surface area (Å²) in [5.74, 6) is -0.145. The van der Waals surface area contributed by atoms with E-state index < -0.39 is 0 Å². The van der Waals surface area contributed by atoms with E-state index in [9.17, 15) is 4.39 Å². The van der Waals surface area contributed by atoms with Crippen LogP contribution in [0.5, 0.6) is 0 Å². The Labute approximate surface area is 127 Å². The predicted molar refractivity (Wildman–Crippen MR) is 83.5 cm³/mol. The van der Waals surface area contributed by atoms with Crippen LogP contribution in [0.3, 0.4) is 0 Å². The molecule has 118 valence electrons. The summed E-state index contributed by atoms with van der Waals surface area (Å²) in [7, 11) is 2.05. The Hall–Kier alpha value is -0.970. The van der Waals surface area contributed by atoms with Crippen molar-refractivity contribution >= 4 is 0 Å². The average Bonchev–Trinajstić information content (AvgIpc) is 2.50. The van der Waals surface area contributed by atoms with Crippen LogP contribution >= 0.6 is 0 Å². The van der Waals surface area contributed by atoms with E-state index in [2.05, 4.69) is 11.8 Å². The molecule has 4 heteroatoms. The van der Waals surface area contributed by atoms with Crippen molar-refractivity contribution in [3.05, 3.63) is 35.6 Å². The molecule has 1 heterocycles. The van der Waals surface area contributed by atoms with Gasteiger partial charge in [0.25, 0.3) is 0 Å². The first-order chi connectivity index (χ1) is 10.1. The maximum Gasteiger partial charge on any atom is 0.127 e. The van der Waals surface area contributed by atoms with Crippen LogP contribution in [0.25, 0.3) is 0 Å². The maximum atomic E-state index is 13.9. The van der Waals surface area contributed by atoms with E-state index >= 15 is 0 Å². The van der Waals surface area contributed by atoms with E-state index in [1.165, 1.54) is 6.07 Å². The molecule has 2 atom stereocenters. The van der Waals surface area contributed by atoms with E-state index in [4.69, 9.17) is 10.5 Å². The molecule has 1 saturated heterocycles. The van der Waals surface area contributed by atoms with Crippen molar-refractivity contribution in [2.24, 2.45) is 5.73 Å². The molecular formula is C17H27FN2O. The maximum absolute atomic E-state index is 13.9. The Balaban J connectivity index is 2.10. The Kier molecular flexibility index (Phi) is 5.73. The summed E-state index contributed by atoms with van der Waals surface area (Å²) in [6.45, 7) is 4.08. The van der Waals surface area contributed by atoms with Gasteiger partial charge in [-0.15, -0.1) is 0 Å². The lowest BCUT2D eigenvalue weighted by Gasteiger charge is -2.46. The van der Waals surface area contributed by atoms with Gasteiger partial charge in [-0.2, -0.15) is 0 Å². The molecule has 2 rings (SSSR count). The molecule has 1 aliphatic heterocycles. The molecule has 2 N–H and O–H groups in total. The first kappa shape index (κ1) is 16.4. The fraction of sp³-hybridized carbons (Fsp3) is 0.647. The second-order valence-electron chi connectivity index (χ2n) is 6.11.